The lowest BCUT2D eigenvalue weighted by atomic mass is 10.2. The van der Waals surface area contributed by atoms with E-state index in [2.05, 4.69) is 15.3 Å². The highest BCUT2D eigenvalue weighted by atomic mass is 16.1. The van der Waals surface area contributed by atoms with Crippen molar-refractivity contribution in [1.82, 2.24) is 14.5 Å². The Kier molecular flexibility index (Phi) is 3.16. The van der Waals surface area contributed by atoms with Crippen LogP contribution in [-0.4, -0.2) is 21.6 Å². The Balaban J connectivity index is 2.05. The molecule has 0 saturated heterocycles. The normalized spacial score (nSPS) is 10.7. The smallest absolute Gasteiger partial charge is 0.269 e. The van der Waals surface area contributed by atoms with Crippen molar-refractivity contribution in [2.75, 3.05) is 12.4 Å². The van der Waals surface area contributed by atoms with Crippen molar-refractivity contribution in [2.24, 2.45) is 0 Å². The fourth-order valence-corrected chi connectivity index (χ4v) is 2.13. The number of hydrogen-bond acceptors (Lipinski definition) is 4. The second-order valence-corrected chi connectivity index (χ2v) is 4.47. The van der Waals surface area contributed by atoms with Crippen LogP contribution in [0.25, 0.3) is 11.0 Å². The van der Waals surface area contributed by atoms with Crippen LogP contribution in [-0.2, 0) is 6.54 Å². The molecule has 0 aliphatic carbocycles. The van der Waals surface area contributed by atoms with Crippen molar-refractivity contribution in [3.05, 3.63) is 64.7 Å². The van der Waals surface area contributed by atoms with E-state index in [4.69, 9.17) is 0 Å². The standard InChI is InChI=1S/C15H14N4O/c1-16-14-7-6-11(8-18-14)10-19-13-5-3-2-4-12(13)17-9-15(19)20/h2-9H,10H2,1H3,(H,16,18). The van der Waals surface area contributed by atoms with Gasteiger partial charge in [-0.1, -0.05) is 18.2 Å². The average Bonchev–Trinajstić information content (AvgIpc) is 2.51. The summed E-state index contributed by atoms with van der Waals surface area (Å²) < 4.78 is 1.71. The second-order valence-electron chi connectivity index (χ2n) is 4.47. The van der Waals surface area contributed by atoms with E-state index in [1.807, 2.05) is 43.4 Å². The summed E-state index contributed by atoms with van der Waals surface area (Å²) in [6.45, 7) is 0.485. The maximum atomic E-state index is 12.0. The van der Waals surface area contributed by atoms with Crippen molar-refractivity contribution in [1.29, 1.82) is 0 Å². The van der Waals surface area contributed by atoms with Crippen LogP contribution in [0.5, 0.6) is 0 Å². The number of pyridine rings is 1. The quantitative estimate of drug-likeness (QED) is 0.786. The summed E-state index contributed by atoms with van der Waals surface area (Å²) in [6.07, 6.45) is 3.13. The van der Waals surface area contributed by atoms with Crippen LogP contribution in [0, 0.1) is 0 Å². The lowest BCUT2D eigenvalue weighted by Crippen LogP contribution is -2.21. The molecule has 0 saturated carbocycles. The lowest BCUT2D eigenvalue weighted by Gasteiger charge is -2.09. The van der Waals surface area contributed by atoms with E-state index in [0.717, 1.165) is 22.4 Å². The highest BCUT2D eigenvalue weighted by molar-refractivity contribution is 5.74. The molecule has 2 heterocycles. The number of hydrogen-bond donors (Lipinski definition) is 1. The lowest BCUT2D eigenvalue weighted by molar-refractivity contribution is 0.783. The molecule has 0 bridgehead atoms. The van der Waals surface area contributed by atoms with E-state index in [1.54, 1.807) is 10.8 Å². The van der Waals surface area contributed by atoms with Crippen molar-refractivity contribution < 1.29 is 0 Å². The third-order valence-electron chi connectivity index (χ3n) is 3.17. The molecule has 0 aliphatic heterocycles. The van der Waals surface area contributed by atoms with Crippen LogP contribution in [0.4, 0.5) is 5.82 Å². The fourth-order valence-electron chi connectivity index (χ4n) is 2.13. The van der Waals surface area contributed by atoms with E-state index >= 15 is 0 Å². The van der Waals surface area contributed by atoms with Crippen LogP contribution in [0.1, 0.15) is 5.56 Å². The van der Waals surface area contributed by atoms with Gasteiger partial charge in [-0.25, -0.2) is 9.97 Å². The van der Waals surface area contributed by atoms with Crippen LogP contribution in [0.3, 0.4) is 0 Å². The van der Waals surface area contributed by atoms with Gasteiger partial charge in [0.2, 0.25) is 0 Å². The van der Waals surface area contributed by atoms with Gasteiger partial charge in [-0.2, -0.15) is 0 Å². The molecule has 100 valence electrons. The summed E-state index contributed by atoms with van der Waals surface area (Å²) in [4.78, 5) is 20.4. The van der Waals surface area contributed by atoms with Gasteiger partial charge >= 0.3 is 0 Å². The number of fused-ring (bicyclic) bond motifs is 1. The maximum Gasteiger partial charge on any atom is 0.269 e. The average molecular weight is 266 g/mol. The summed E-state index contributed by atoms with van der Waals surface area (Å²) in [7, 11) is 1.82. The molecular formula is C15H14N4O. The highest BCUT2D eigenvalue weighted by Gasteiger charge is 2.04. The van der Waals surface area contributed by atoms with Crippen molar-refractivity contribution in [2.45, 2.75) is 6.54 Å². The molecule has 5 nitrogen and oxygen atoms in total. The Morgan fingerprint density at radius 2 is 1.95 bits per heavy atom. The minimum atomic E-state index is -0.110. The predicted octanol–water partition coefficient (Wildman–Crippen LogP) is 1.88. The molecule has 5 heteroatoms. The minimum absolute atomic E-state index is 0.110. The zero-order chi connectivity index (χ0) is 13.9. The number of anilines is 1. The largest absolute Gasteiger partial charge is 0.373 e. The number of aromatic nitrogens is 3. The van der Waals surface area contributed by atoms with E-state index < -0.39 is 0 Å². The Morgan fingerprint density at radius 3 is 2.70 bits per heavy atom. The molecule has 0 aliphatic rings. The van der Waals surface area contributed by atoms with Gasteiger partial charge in [0.1, 0.15) is 5.82 Å². The first-order chi connectivity index (χ1) is 9.78. The SMILES string of the molecule is CNc1ccc(Cn2c(=O)cnc3ccccc32)cn1. The van der Waals surface area contributed by atoms with Crippen LogP contribution in [0.2, 0.25) is 0 Å². The van der Waals surface area contributed by atoms with Crippen molar-refractivity contribution in [3.8, 4) is 0 Å². The number of nitrogens with one attached hydrogen (secondary N) is 1. The van der Waals surface area contributed by atoms with Gasteiger partial charge < -0.3 is 9.88 Å². The molecule has 20 heavy (non-hydrogen) atoms. The number of benzene rings is 1. The molecule has 1 aromatic carbocycles. The van der Waals surface area contributed by atoms with Gasteiger partial charge in [0.05, 0.1) is 23.8 Å². The van der Waals surface area contributed by atoms with Crippen molar-refractivity contribution in [3.63, 3.8) is 0 Å². The van der Waals surface area contributed by atoms with Crippen LogP contribution in [0.15, 0.2) is 53.6 Å². The fraction of sp³-hybridized carbons (Fsp3) is 0.133. The first kappa shape index (κ1) is 12.3. The van der Waals surface area contributed by atoms with Gasteiger partial charge in [0, 0.05) is 13.2 Å². The molecule has 2 aromatic heterocycles. The molecule has 1 N–H and O–H groups in total. The predicted molar refractivity (Wildman–Crippen MR) is 78.9 cm³/mol. The Hall–Kier alpha value is -2.69. The summed E-state index contributed by atoms with van der Waals surface area (Å²) in [5.41, 5.74) is 2.51. The summed E-state index contributed by atoms with van der Waals surface area (Å²) in [5, 5.41) is 2.97. The second kappa shape index (κ2) is 5.13. The Bertz CT molecular complexity index is 793. The molecule has 3 aromatic rings. The highest BCUT2D eigenvalue weighted by Crippen LogP contribution is 2.11. The summed E-state index contributed by atoms with van der Waals surface area (Å²) in [6, 6.07) is 11.5. The molecule has 0 unspecified atom stereocenters. The van der Waals surface area contributed by atoms with Gasteiger partial charge in [-0.3, -0.25) is 4.79 Å². The van der Waals surface area contributed by atoms with E-state index in [0.29, 0.717) is 6.54 Å². The van der Waals surface area contributed by atoms with Gasteiger partial charge in [-0.15, -0.1) is 0 Å². The Labute approximate surface area is 115 Å². The van der Waals surface area contributed by atoms with E-state index in [9.17, 15) is 4.79 Å². The van der Waals surface area contributed by atoms with Crippen molar-refractivity contribution >= 4 is 16.9 Å². The molecule has 0 spiro atoms. The number of rotatable bonds is 3. The van der Waals surface area contributed by atoms with Gasteiger partial charge in [-0.05, 0) is 23.8 Å². The van der Waals surface area contributed by atoms with E-state index in [1.165, 1.54) is 6.20 Å². The Morgan fingerprint density at radius 1 is 1.10 bits per heavy atom. The first-order valence-electron chi connectivity index (χ1n) is 6.35. The molecule has 3 rings (SSSR count). The van der Waals surface area contributed by atoms with Crippen LogP contribution < -0.4 is 10.9 Å². The van der Waals surface area contributed by atoms with Gasteiger partial charge in [0.15, 0.2) is 0 Å². The van der Waals surface area contributed by atoms with Gasteiger partial charge in [0.25, 0.3) is 5.56 Å². The molecule has 0 fully saturated rings. The molecule has 0 radical (unpaired) electrons. The summed E-state index contributed by atoms with van der Waals surface area (Å²) >= 11 is 0. The van der Waals surface area contributed by atoms with Crippen LogP contribution >= 0.6 is 0 Å². The monoisotopic (exact) mass is 266 g/mol. The maximum absolute atomic E-state index is 12.0. The topological polar surface area (TPSA) is 59.8 Å². The summed E-state index contributed by atoms with van der Waals surface area (Å²) in [5.74, 6) is 0.806. The number of para-hydroxylation sites is 2. The zero-order valence-corrected chi connectivity index (χ0v) is 11.1. The third kappa shape index (κ3) is 2.25. The number of nitrogens with zero attached hydrogens (tertiary/aromatic N) is 3. The van der Waals surface area contributed by atoms with E-state index in [-0.39, 0.29) is 5.56 Å². The molecular weight excluding hydrogens is 252 g/mol. The first-order valence-corrected chi connectivity index (χ1v) is 6.35. The minimum Gasteiger partial charge on any atom is -0.373 e. The molecule has 0 amide bonds. The molecule has 0 atom stereocenters. The zero-order valence-electron chi connectivity index (χ0n) is 11.1. The third-order valence-corrected chi connectivity index (χ3v) is 3.17.